The van der Waals surface area contributed by atoms with Gasteiger partial charge in [0, 0.05) is 22.2 Å². The van der Waals surface area contributed by atoms with E-state index in [0.29, 0.717) is 16.1 Å². The summed E-state index contributed by atoms with van der Waals surface area (Å²) in [6.07, 6.45) is 1.54. The molecule has 2 aromatic rings. The van der Waals surface area contributed by atoms with Crippen LogP contribution in [0.5, 0.6) is 0 Å². The monoisotopic (exact) mass is 331 g/mol. The summed E-state index contributed by atoms with van der Waals surface area (Å²) in [6, 6.07) is 11.7. The first-order valence-corrected chi connectivity index (χ1v) is 7.15. The molecule has 1 amide bonds. The lowest BCUT2D eigenvalue weighted by molar-refractivity contribution is -0.385. The van der Waals surface area contributed by atoms with E-state index < -0.39 is 4.92 Å². The minimum Gasteiger partial charge on any atom is -0.273 e. The summed E-state index contributed by atoms with van der Waals surface area (Å²) in [4.78, 5) is 22.2. The maximum Gasteiger partial charge on any atom is 0.272 e. The summed E-state index contributed by atoms with van der Waals surface area (Å²) < 4.78 is 0. The number of benzene rings is 2. The van der Waals surface area contributed by atoms with Gasteiger partial charge in [0.05, 0.1) is 17.6 Å². The van der Waals surface area contributed by atoms with E-state index in [1.54, 1.807) is 43.3 Å². The molecular formula is C16H14ClN3O3. The summed E-state index contributed by atoms with van der Waals surface area (Å²) in [5.41, 5.74) is 4.32. The number of hydrogen-bond acceptors (Lipinski definition) is 4. The molecule has 0 unspecified atom stereocenters. The van der Waals surface area contributed by atoms with Crippen molar-refractivity contribution in [2.45, 2.75) is 13.3 Å². The molecular weight excluding hydrogens is 318 g/mol. The highest BCUT2D eigenvalue weighted by Crippen LogP contribution is 2.18. The molecule has 0 bridgehead atoms. The van der Waals surface area contributed by atoms with Crippen molar-refractivity contribution in [2.75, 3.05) is 0 Å². The third-order valence-electron chi connectivity index (χ3n) is 3.11. The van der Waals surface area contributed by atoms with Crippen molar-refractivity contribution >= 4 is 29.4 Å². The quantitative estimate of drug-likeness (QED) is 0.518. The highest BCUT2D eigenvalue weighted by atomic mass is 35.5. The fraction of sp³-hybridized carbons (Fsp3) is 0.125. The fourth-order valence-electron chi connectivity index (χ4n) is 1.91. The van der Waals surface area contributed by atoms with Gasteiger partial charge in [0.1, 0.15) is 0 Å². The number of hydrazone groups is 1. The van der Waals surface area contributed by atoms with Gasteiger partial charge >= 0.3 is 0 Å². The molecule has 1 N–H and O–H groups in total. The van der Waals surface area contributed by atoms with Gasteiger partial charge in [-0.1, -0.05) is 35.9 Å². The lowest BCUT2D eigenvalue weighted by Gasteiger charge is -2.01. The minimum atomic E-state index is -0.453. The summed E-state index contributed by atoms with van der Waals surface area (Å²) >= 11 is 5.77. The predicted octanol–water partition coefficient (Wildman–Crippen LogP) is 3.25. The number of aryl methyl sites for hydroxylation is 1. The van der Waals surface area contributed by atoms with E-state index in [1.807, 2.05) is 0 Å². The Kier molecular flexibility index (Phi) is 5.43. The number of nitro benzene ring substituents is 1. The van der Waals surface area contributed by atoms with Crippen LogP contribution in [0, 0.1) is 17.0 Å². The molecule has 0 aliphatic heterocycles. The fourth-order valence-corrected chi connectivity index (χ4v) is 2.04. The third kappa shape index (κ3) is 4.89. The Morgan fingerprint density at radius 3 is 2.65 bits per heavy atom. The number of halogens is 1. The topological polar surface area (TPSA) is 84.6 Å². The molecule has 7 heteroatoms. The van der Waals surface area contributed by atoms with E-state index in [0.717, 1.165) is 5.56 Å². The van der Waals surface area contributed by atoms with Crippen LogP contribution in [-0.2, 0) is 11.2 Å². The van der Waals surface area contributed by atoms with Gasteiger partial charge in [0.15, 0.2) is 0 Å². The highest BCUT2D eigenvalue weighted by molar-refractivity contribution is 6.30. The van der Waals surface area contributed by atoms with Crippen LogP contribution in [0.25, 0.3) is 0 Å². The first-order chi connectivity index (χ1) is 11.0. The smallest absolute Gasteiger partial charge is 0.272 e. The number of nitrogens with zero attached hydrogens (tertiary/aromatic N) is 2. The number of amides is 1. The van der Waals surface area contributed by atoms with Gasteiger partial charge in [-0.3, -0.25) is 14.9 Å². The summed E-state index contributed by atoms with van der Waals surface area (Å²) in [5.74, 6) is -0.287. The number of carbonyl (C=O) groups excluding carboxylic acids is 1. The molecule has 0 aromatic heterocycles. The molecule has 0 saturated carbocycles. The lowest BCUT2D eigenvalue weighted by Crippen LogP contribution is -2.19. The Bertz CT molecular complexity index is 758. The van der Waals surface area contributed by atoms with Gasteiger partial charge in [0.25, 0.3) is 5.69 Å². The number of carbonyl (C=O) groups is 1. The van der Waals surface area contributed by atoms with Crippen LogP contribution < -0.4 is 5.43 Å². The lowest BCUT2D eigenvalue weighted by atomic mass is 10.1. The van der Waals surface area contributed by atoms with Gasteiger partial charge in [-0.2, -0.15) is 5.10 Å². The van der Waals surface area contributed by atoms with Crippen molar-refractivity contribution in [2.24, 2.45) is 5.10 Å². The van der Waals surface area contributed by atoms with Crippen LogP contribution in [0.2, 0.25) is 5.02 Å². The van der Waals surface area contributed by atoms with Crippen LogP contribution in [0.4, 0.5) is 5.69 Å². The Morgan fingerprint density at radius 1 is 1.30 bits per heavy atom. The van der Waals surface area contributed by atoms with Crippen molar-refractivity contribution in [1.29, 1.82) is 0 Å². The number of rotatable bonds is 5. The molecule has 0 aliphatic carbocycles. The molecule has 0 atom stereocenters. The van der Waals surface area contributed by atoms with Gasteiger partial charge in [0.2, 0.25) is 5.91 Å². The van der Waals surface area contributed by atoms with Crippen LogP contribution in [0.1, 0.15) is 16.7 Å². The van der Waals surface area contributed by atoms with E-state index in [2.05, 4.69) is 10.5 Å². The Labute approximate surface area is 137 Å². The molecule has 0 fully saturated rings. The second kappa shape index (κ2) is 7.51. The van der Waals surface area contributed by atoms with E-state index in [1.165, 1.54) is 12.3 Å². The second-order valence-corrected chi connectivity index (χ2v) is 5.34. The Balaban J connectivity index is 1.96. The zero-order chi connectivity index (χ0) is 16.8. The second-order valence-electron chi connectivity index (χ2n) is 4.90. The maximum absolute atomic E-state index is 11.8. The van der Waals surface area contributed by atoms with Crippen LogP contribution >= 0.6 is 11.6 Å². The van der Waals surface area contributed by atoms with Crippen molar-refractivity contribution in [3.63, 3.8) is 0 Å². The zero-order valence-electron chi connectivity index (χ0n) is 12.3. The number of nitrogens with one attached hydrogen (secondary N) is 1. The minimum absolute atomic E-state index is 0.0152. The van der Waals surface area contributed by atoms with Gasteiger partial charge < -0.3 is 0 Å². The maximum atomic E-state index is 11.8. The highest BCUT2D eigenvalue weighted by Gasteiger charge is 2.10. The van der Waals surface area contributed by atoms with Crippen molar-refractivity contribution < 1.29 is 9.72 Å². The first-order valence-electron chi connectivity index (χ1n) is 6.77. The van der Waals surface area contributed by atoms with E-state index in [9.17, 15) is 14.9 Å². The molecule has 6 nitrogen and oxygen atoms in total. The standard InChI is InChI=1S/C16H14ClN3O3/c1-11-2-3-13(8-15(11)20(22)23)10-18-19-16(21)9-12-4-6-14(17)7-5-12/h2-8,10H,9H2,1H3,(H,19,21)/b18-10-. The molecule has 0 heterocycles. The SMILES string of the molecule is Cc1ccc(/C=N\NC(=O)Cc2ccc(Cl)cc2)cc1[N+](=O)[O-]. The van der Waals surface area contributed by atoms with Crippen LogP contribution in [0.15, 0.2) is 47.6 Å². The third-order valence-corrected chi connectivity index (χ3v) is 3.36. The molecule has 118 valence electrons. The molecule has 0 saturated heterocycles. The van der Waals surface area contributed by atoms with Gasteiger partial charge in [-0.15, -0.1) is 0 Å². The van der Waals surface area contributed by atoms with Crippen molar-refractivity contribution in [1.82, 2.24) is 5.43 Å². The molecule has 2 aromatic carbocycles. The molecule has 0 spiro atoms. The average Bonchev–Trinajstić information content (AvgIpc) is 2.51. The van der Waals surface area contributed by atoms with Crippen LogP contribution in [-0.4, -0.2) is 17.0 Å². The number of nitro groups is 1. The molecule has 0 radical (unpaired) electrons. The largest absolute Gasteiger partial charge is 0.273 e. The average molecular weight is 332 g/mol. The molecule has 23 heavy (non-hydrogen) atoms. The summed E-state index contributed by atoms with van der Waals surface area (Å²) in [6.45, 7) is 1.66. The summed E-state index contributed by atoms with van der Waals surface area (Å²) in [5, 5.41) is 15.3. The molecule has 2 rings (SSSR count). The van der Waals surface area contributed by atoms with Crippen molar-refractivity contribution in [3.8, 4) is 0 Å². The zero-order valence-corrected chi connectivity index (χ0v) is 13.1. The van der Waals surface area contributed by atoms with Crippen molar-refractivity contribution in [3.05, 3.63) is 74.3 Å². The summed E-state index contributed by atoms with van der Waals surface area (Å²) in [7, 11) is 0. The Morgan fingerprint density at radius 2 is 2.00 bits per heavy atom. The molecule has 0 aliphatic rings. The normalized spacial score (nSPS) is 10.7. The van der Waals surface area contributed by atoms with Crippen LogP contribution in [0.3, 0.4) is 0 Å². The van der Waals surface area contributed by atoms with Gasteiger partial charge in [-0.25, -0.2) is 5.43 Å². The van der Waals surface area contributed by atoms with Gasteiger partial charge in [-0.05, 0) is 24.6 Å². The first kappa shape index (κ1) is 16.6. The van der Waals surface area contributed by atoms with E-state index in [4.69, 9.17) is 11.6 Å². The Hall–Kier alpha value is -2.73. The number of hydrogen-bond donors (Lipinski definition) is 1. The predicted molar refractivity (Wildman–Crippen MR) is 88.7 cm³/mol. The van der Waals surface area contributed by atoms with E-state index >= 15 is 0 Å². The van der Waals surface area contributed by atoms with E-state index in [-0.39, 0.29) is 18.0 Å².